The molecule has 0 saturated carbocycles. The van der Waals surface area contributed by atoms with E-state index in [0.717, 1.165) is 6.92 Å². The highest BCUT2D eigenvalue weighted by molar-refractivity contribution is 6.33. The number of anilines is 1. The molecule has 0 radical (unpaired) electrons. The number of alkyl halides is 3. The Kier molecular flexibility index (Phi) is 8.39. The van der Waals surface area contributed by atoms with Gasteiger partial charge in [0.2, 0.25) is 0 Å². The summed E-state index contributed by atoms with van der Waals surface area (Å²) in [4.78, 5) is 11.3. The largest absolute Gasteiger partial charge is 0.481 e. The summed E-state index contributed by atoms with van der Waals surface area (Å²) in [6.07, 6.45) is -4.67. The maximum absolute atomic E-state index is 13.6. The summed E-state index contributed by atoms with van der Waals surface area (Å²) in [7, 11) is 0. The molecule has 2 unspecified atom stereocenters. The normalized spacial score (nSPS) is 13.4. The molecular weight excluding hydrogens is 510 g/mol. The molecule has 0 aromatic heterocycles. The van der Waals surface area contributed by atoms with Crippen molar-refractivity contribution < 1.29 is 23.1 Å². The Morgan fingerprint density at radius 3 is 2.29 bits per heavy atom. The highest BCUT2D eigenvalue weighted by atomic mass is 35.5. The van der Waals surface area contributed by atoms with Gasteiger partial charge in [-0.1, -0.05) is 72.1 Å². The maximum Gasteiger partial charge on any atom is 0.392 e. The van der Waals surface area contributed by atoms with Gasteiger partial charge in [0.25, 0.3) is 0 Å². The summed E-state index contributed by atoms with van der Waals surface area (Å²) in [5, 5.41) is 13.4. The van der Waals surface area contributed by atoms with Crippen LogP contribution >= 0.6 is 34.8 Å². The summed E-state index contributed by atoms with van der Waals surface area (Å²) in [5.41, 5.74) is 2.60. The van der Waals surface area contributed by atoms with Gasteiger partial charge in [0, 0.05) is 22.5 Å². The van der Waals surface area contributed by atoms with E-state index >= 15 is 0 Å². The predicted octanol–water partition coefficient (Wildman–Crippen LogP) is 8.34. The Bertz CT molecular complexity index is 1170. The highest BCUT2D eigenvalue weighted by Crippen LogP contribution is 2.39. The zero-order valence-electron chi connectivity index (χ0n) is 18.0. The van der Waals surface area contributed by atoms with Crippen molar-refractivity contribution in [1.82, 2.24) is 0 Å². The van der Waals surface area contributed by atoms with Crippen molar-refractivity contribution in [3.8, 4) is 11.1 Å². The first-order valence-electron chi connectivity index (χ1n) is 10.3. The van der Waals surface area contributed by atoms with E-state index in [0.29, 0.717) is 43.0 Å². The van der Waals surface area contributed by atoms with Crippen LogP contribution in [0.1, 0.15) is 24.0 Å². The second-order valence-electron chi connectivity index (χ2n) is 7.90. The summed E-state index contributed by atoms with van der Waals surface area (Å²) < 4.78 is 40.8. The molecule has 0 bridgehead atoms. The van der Waals surface area contributed by atoms with Gasteiger partial charge < -0.3 is 10.4 Å². The number of benzene rings is 3. The number of hydrogen-bond acceptors (Lipinski definition) is 2. The molecule has 2 N–H and O–H groups in total. The molecule has 3 nitrogen and oxygen atoms in total. The minimum absolute atomic E-state index is 0.0387. The number of carboxylic acid groups (broad SMARTS) is 1. The summed E-state index contributed by atoms with van der Waals surface area (Å²) in [6.45, 7) is 1.10. The standard InChI is InChI=1S/C25H21Cl3F3NO2/c1-14(25(29,30)31)20(15-5-8-17(26)9-6-15)13-32-23-11-16(7-10-22(23)28)18-3-2-4-21(27)19(18)12-24(33)34/h2-11,14,20,32H,12-13H2,1H3,(H,33,34). The average molecular weight is 531 g/mol. The summed E-state index contributed by atoms with van der Waals surface area (Å²) in [5.74, 6) is -3.56. The van der Waals surface area contributed by atoms with Gasteiger partial charge in [-0.05, 0) is 52.6 Å². The second-order valence-corrected chi connectivity index (χ2v) is 9.15. The first-order chi connectivity index (χ1) is 16.0. The number of aliphatic carboxylic acids is 1. The van der Waals surface area contributed by atoms with Crippen molar-refractivity contribution in [1.29, 1.82) is 0 Å². The molecule has 9 heteroatoms. The van der Waals surface area contributed by atoms with Crippen LogP contribution in [0.3, 0.4) is 0 Å². The fourth-order valence-electron chi connectivity index (χ4n) is 3.73. The second kappa shape index (κ2) is 10.9. The predicted molar refractivity (Wildman–Crippen MR) is 131 cm³/mol. The molecule has 0 spiro atoms. The van der Waals surface area contributed by atoms with E-state index in [1.165, 1.54) is 0 Å². The van der Waals surface area contributed by atoms with Crippen molar-refractivity contribution in [3.63, 3.8) is 0 Å². The molecule has 0 aliphatic carbocycles. The molecular formula is C25H21Cl3F3NO2. The van der Waals surface area contributed by atoms with Gasteiger partial charge in [-0.25, -0.2) is 0 Å². The van der Waals surface area contributed by atoms with E-state index in [-0.39, 0.29) is 13.0 Å². The number of nitrogens with one attached hydrogen (secondary N) is 1. The van der Waals surface area contributed by atoms with Crippen LogP contribution in [-0.2, 0) is 11.2 Å². The third-order valence-electron chi connectivity index (χ3n) is 5.65. The van der Waals surface area contributed by atoms with Crippen LogP contribution in [0.4, 0.5) is 18.9 Å². The first kappa shape index (κ1) is 26.2. The van der Waals surface area contributed by atoms with E-state index < -0.39 is 24.0 Å². The Morgan fingerprint density at radius 1 is 1.00 bits per heavy atom. The molecule has 2 atom stereocenters. The maximum atomic E-state index is 13.6. The lowest BCUT2D eigenvalue weighted by Crippen LogP contribution is -2.30. The molecule has 0 saturated heterocycles. The lowest BCUT2D eigenvalue weighted by molar-refractivity contribution is -0.174. The van der Waals surface area contributed by atoms with Gasteiger partial charge in [0.05, 0.1) is 23.0 Å². The van der Waals surface area contributed by atoms with Gasteiger partial charge in [0.1, 0.15) is 0 Å². The molecule has 0 heterocycles. The lowest BCUT2D eigenvalue weighted by atomic mass is 9.86. The number of carboxylic acids is 1. The third-order valence-corrected chi connectivity index (χ3v) is 6.59. The van der Waals surface area contributed by atoms with Crippen LogP contribution in [0, 0.1) is 5.92 Å². The van der Waals surface area contributed by atoms with Gasteiger partial charge in [-0.15, -0.1) is 0 Å². The van der Waals surface area contributed by atoms with Crippen LogP contribution < -0.4 is 5.32 Å². The molecule has 180 valence electrons. The molecule has 3 aromatic carbocycles. The topological polar surface area (TPSA) is 49.3 Å². The molecule has 3 rings (SSSR count). The molecule has 0 fully saturated rings. The Morgan fingerprint density at radius 2 is 1.68 bits per heavy atom. The lowest BCUT2D eigenvalue weighted by Gasteiger charge is -2.27. The zero-order chi connectivity index (χ0) is 25.0. The zero-order valence-corrected chi connectivity index (χ0v) is 20.2. The highest BCUT2D eigenvalue weighted by Gasteiger charge is 2.41. The van der Waals surface area contributed by atoms with Crippen LogP contribution in [-0.4, -0.2) is 23.8 Å². The van der Waals surface area contributed by atoms with Gasteiger partial charge in [-0.3, -0.25) is 4.79 Å². The monoisotopic (exact) mass is 529 g/mol. The van der Waals surface area contributed by atoms with Gasteiger partial charge in [0.15, 0.2) is 0 Å². The van der Waals surface area contributed by atoms with Crippen molar-refractivity contribution in [2.24, 2.45) is 5.92 Å². The van der Waals surface area contributed by atoms with Crippen LogP contribution in [0.25, 0.3) is 11.1 Å². The number of carbonyl (C=O) groups is 1. The third kappa shape index (κ3) is 6.38. The molecule has 34 heavy (non-hydrogen) atoms. The van der Waals surface area contributed by atoms with E-state index in [4.69, 9.17) is 34.8 Å². The number of rotatable bonds is 8. The minimum Gasteiger partial charge on any atom is -0.481 e. The van der Waals surface area contributed by atoms with Crippen LogP contribution in [0.2, 0.25) is 15.1 Å². The van der Waals surface area contributed by atoms with E-state index in [1.54, 1.807) is 60.7 Å². The van der Waals surface area contributed by atoms with Gasteiger partial charge >= 0.3 is 12.1 Å². The Hall–Kier alpha value is -2.41. The molecule has 3 aromatic rings. The van der Waals surface area contributed by atoms with Crippen molar-refractivity contribution in [2.45, 2.75) is 25.4 Å². The summed E-state index contributed by atoms with van der Waals surface area (Å²) >= 11 is 18.5. The Balaban J connectivity index is 1.94. The van der Waals surface area contributed by atoms with E-state index in [1.807, 2.05) is 0 Å². The van der Waals surface area contributed by atoms with E-state index in [9.17, 15) is 23.1 Å². The number of halogens is 6. The van der Waals surface area contributed by atoms with Gasteiger partial charge in [-0.2, -0.15) is 13.2 Å². The number of hydrogen-bond donors (Lipinski definition) is 2. The molecule has 0 aliphatic heterocycles. The SMILES string of the molecule is CC(C(CNc1cc(-c2cccc(Cl)c2CC(=O)O)ccc1Cl)c1ccc(Cl)cc1)C(F)(F)F. The van der Waals surface area contributed by atoms with Crippen LogP contribution in [0.15, 0.2) is 60.7 Å². The quantitative estimate of drug-likeness (QED) is 0.308. The summed E-state index contributed by atoms with van der Waals surface area (Å²) in [6, 6.07) is 16.3. The Labute approximate surface area is 210 Å². The average Bonchev–Trinajstić information content (AvgIpc) is 2.76. The fourth-order valence-corrected chi connectivity index (χ4v) is 4.28. The van der Waals surface area contributed by atoms with Crippen molar-refractivity contribution >= 4 is 46.5 Å². The van der Waals surface area contributed by atoms with E-state index in [2.05, 4.69) is 5.32 Å². The van der Waals surface area contributed by atoms with Crippen molar-refractivity contribution in [3.05, 3.63) is 86.9 Å². The smallest absolute Gasteiger partial charge is 0.392 e. The van der Waals surface area contributed by atoms with Crippen LogP contribution in [0.5, 0.6) is 0 Å². The molecule has 0 aliphatic rings. The first-order valence-corrected chi connectivity index (χ1v) is 11.5. The fraction of sp³-hybridized carbons (Fsp3) is 0.240. The van der Waals surface area contributed by atoms with Crippen molar-refractivity contribution in [2.75, 3.05) is 11.9 Å². The molecule has 0 amide bonds. The minimum atomic E-state index is -4.40.